The van der Waals surface area contributed by atoms with Crippen LogP contribution in [0, 0.1) is 5.92 Å². The summed E-state index contributed by atoms with van der Waals surface area (Å²) in [6.07, 6.45) is 5.54. The molecule has 0 bridgehead atoms. The molecule has 196 valence electrons. The number of thioether (sulfide) groups is 1. The van der Waals surface area contributed by atoms with Crippen molar-refractivity contribution in [2.45, 2.75) is 65.5 Å². The first-order chi connectivity index (χ1) is 16.6. The van der Waals surface area contributed by atoms with Gasteiger partial charge in [-0.25, -0.2) is 4.99 Å². The first kappa shape index (κ1) is 30.5. The maximum Gasteiger partial charge on any atom is 0.420 e. The molecule has 5 N–H and O–H groups in total. The zero-order chi connectivity index (χ0) is 26.3. The lowest BCUT2D eigenvalue weighted by Gasteiger charge is -2.18. The van der Waals surface area contributed by atoms with E-state index in [2.05, 4.69) is 23.8 Å². The minimum atomic E-state index is -4.51. The Kier molecular flexibility index (Phi) is 14.1. The van der Waals surface area contributed by atoms with Crippen LogP contribution in [-0.4, -0.2) is 18.7 Å². The molecule has 0 aromatic heterocycles. The summed E-state index contributed by atoms with van der Waals surface area (Å²) in [6, 6.07) is 4.04. The van der Waals surface area contributed by atoms with Gasteiger partial charge in [0.2, 0.25) is 0 Å². The SMILES string of the molecule is C=C(N)\N=C/C(=C\C)C(/N)=C/SCNc1ccc(OCC(C)CCCCCCC)c(C(F)(F)F)c1. The van der Waals surface area contributed by atoms with E-state index in [4.69, 9.17) is 16.2 Å². The maximum absolute atomic E-state index is 13.7. The Morgan fingerprint density at radius 2 is 1.94 bits per heavy atom. The molecular weight excluding hydrogens is 473 g/mol. The van der Waals surface area contributed by atoms with Crippen LogP contribution >= 0.6 is 11.8 Å². The van der Waals surface area contributed by atoms with Gasteiger partial charge < -0.3 is 21.5 Å². The second kappa shape index (κ2) is 16.2. The van der Waals surface area contributed by atoms with Crippen LogP contribution in [0.15, 0.2) is 58.3 Å². The summed E-state index contributed by atoms with van der Waals surface area (Å²) in [5.41, 5.74) is 12.1. The van der Waals surface area contributed by atoms with Gasteiger partial charge in [0.25, 0.3) is 0 Å². The van der Waals surface area contributed by atoms with Gasteiger partial charge in [0.1, 0.15) is 11.6 Å². The van der Waals surface area contributed by atoms with E-state index in [1.165, 1.54) is 43.3 Å². The monoisotopic (exact) mass is 512 g/mol. The predicted molar refractivity (Wildman–Crippen MR) is 143 cm³/mol. The average molecular weight is 513 g/mol. The summed E-state index contributed by atoms with van der Waals surface area (Å²) in [6.45, 7) is 9.73. The van der Waals surface area contributed by atoms with Crippen LogP contribution in [-0.2, 0) is 6.18 Å². The number of aliphatic imine (C=N–C) groups is 1. The summed E-state index contributed by atoms with van der Waals surface area (Å²) >= 11 is 1.31. The maximum atomic E-state index is 13.7. The first-order valence-electron chi connectivity index (χ1n) is 11.9. The topological polar surface area (TPSA) is 85.7 Å². The fourth-order valence-corrected chi connectivity index (χ4v) is 3.84. The molecule has 1 aromatic rings. The van der Waals surface area contributed by atoms with Crippen LogP contribution in [0.3, 0.4) is 0 Å². The highest BCUT2D eigenvalue weighted by Crippen LogP contribution is 2.38. The quantitative estimate of drug-likeness (QED) is 0.0928. The Labute approximate surface area is 212 Å². The molecule has 0 spiro atoms. The number of nitrogens with two attached hydrogens (primary N) is 2. The Bertz CT molecular complexity index is 882. The highest BCUT2D eigenvalue weighted by Gasteiger charge is 2.34. The second-order valence-corrected chi connectivity index (χ2v) is 9.24. The number of hydrogen-bond acceptors (Lipinski definition) is 6. The summed E-state index contributed by atoms with van der Waals surface area (Å²) < 4.78 is 46.5. The summed E-state index contributed by atoms with van der Waals surface area (Å²) in [7, 11) is 0. The number of nitrogens with zero attached hydrogens (tertiary/aromatic N) is 1. The van der Waals surface area contributed by atoms with Crippen LogP contribution in [0.4, 0.5) is 18.9 Å². The van der Waals surface area contributed by atoms with E-state index in [9.17, 15) is 13.2 Å². The molecule has 0 amide bonds. The third-order valence-corrected chi connectivity index (χ3v) is 5.92. The van der Waals surface area contributed by atoms with Crippen molar-refractivity contribution in [3.63, 3.8) is 0 Å². The minimum absolute atomic E-state index is 0.142. The third kappa shape index (κ3) is 12.6. The molecule has 0 aliphatic carbocycles. The zero-order valence-corrected chi connectivity index (χ0v) is 21.8. The number of unbranched alkanes of at least 4 members (excludes halogenated alkanes) is 4. The van der Waals surface area contributed by atoms with Crippen LogP contribution in [0.1, 0.15) is 64.9 Å². The number of nitrogens with one attached hydrogen (secondary N) is 1. The summed E-state index contributed by atoms with van der Waals surface area (Å²) in [4.78, 5) is 3.91. The van der Waals surface area contributed by atoms with E-state index in [-0.39, 0.29) is 24.1 Å². The van der Waals surface area contributed by atoms with Crippen molar-refractivity contribution in [2.24, 2.45) is 22.4 Å². The Balaban J connectivity index is 2.68. The molecule has 1 aromatic carbocycles. The molecule has 9 heteroatoms. The molecule has 0 saturated heterocycles. The number of halogens is 3. The molecule has 0 aliphatic rings. The highest BCUT2D eigenvalue weighted by molar-refractivity contribution is 8.02. The summed E-state index contributed by atoms with van der Waals surface area (Å²) in [5, 5.41) is 4.67. The number of ether oxygens (including phenoxy) is 1. The lowest BCUT2D eigenvalue weighted by molar-refractivity contribution is -0.139. The van der Waals surface area contributed by atoms with Gasteiger partial charge >= 0.3 is 6.18 Å². The standard InChI is InChI=1S/C26H39F3N4OS/c1-5-7-8-9-10-11-19(3)16-34-25-13-12-22(14-23(25)26(27,28)29)33-18-35-17-24(31)21(6-2)15-32-20(4)30/h6,12-15,17,19,33H,4-5,7-11,16,18,30-31H2,1-3H3/b21-6+,24-17-,32-15-. The number of hydrogen-bond donors (Lipinski definition) is 3. The Morgan fingerprint density at radius 3 is 2.57 bits per heavy atom. The van der Waals surface area contributed by atoms with Crippen molar-refractivity contribution >= 4 is 23.7 Å². The van der Waals surface area contributed by atoms with Crippen LogP contribution in [0.5, 0.6) is 5.75 Å². The number of anilines is 1. The lowest BCUT2D eigenvalue weighted by atomic mass is 10.0. The van der Waals surface area contributed by atoms with Gasteiger partial charge in [0.05, 0.1) is 18.0 Å². The largest absolute Gasteiger partial charge is 0.493 e. The Morgan fingerprint density at radius 1 is 1.23 bits per heavy atom. The van der Waals surface area contributed by atoms with Crippen LogP contribution < -0.4 is 21.5 Å². The molecule has 35 heavy (non-hydrogen) atoms. The van der Waals surface area contributed by atoms with E-state index in [1.54, 1.807) is 24.5 Å². The van der Waals surface area contributed by atoms with Gasteiger partial charge in [-0.05, 0) is 42.9 Å². The molecule has 0 saturated carbocycles. The van der Waals surface area contributed by atoms with Crippen molar-refractivity contribution in [1.29, 1.82) is 0 Å². The predicted octanol–water partition coefficient (Wildman–Crippen LogP) is 7.43. The molecule has 0 radical (unpaired) electrons. The third-order valence-electron chi connectivity index (χ3n) is 5.19. The van der Waals surface area contributed by atoms with Crippen molar-refractivity contribution in [3.8, 4) is 5.75 Å². The molecule has 1 unspecified atom stereocenters. The zero-order valence-electron chi connectivity index (χ0n) is 21.0. The Hall–Kier alpha value is -2.55. The van der Waals surface area contributed by atoms with E-state index in [0.717, 1.165) is 25.3 Å². The number of allylic oxidation sites excluding steroid dienone is 2. The average Bonchev–Trinajstić information content (AvgIpc) is 2.80. The molecule has 0 aliphatic heterocycles. The molecule has 0 heterocycles. The normalized spacial score (nSPS) is 13.8. The van der Waals surface area contributed by atoms with E-state index >= 15 is 0 Å². The van der Waals surface area contributed by atoms with Gasteiger partial charge in [-0.3, -0.25) is 0 Å². The fourth-order valence-electron chi connectivity index (χ4n) is 3.19. The smallest absolute Gasteiger partial charge is 0.420 e. The second-order valence-electron chi connectivity index (χ2n) is 8.38. The minimum Gasteiger partial charge on any atom is -0.493 e. The van der Waals surface area contributed by atoms with Gasteiger partial charge in [-0.2, -0.15) is 13.2 Å². The molecule has 1 atom stereocenters. The summed E-state index contributed by atoms with van der Waals surface area (Å²) in [5.74, 6) is 0.539. The van der Waals surface area contributed by atoms with Crippen LogP contribution in [0.2, 0.25) is 0 Å². The van der Waals surface area contributed by atoms with E-state index < -0.39 is 11.7 Å². The van der Waals surface area contributed by atoms with Gasteiger partial charge in [0.15, 0.2) is 0 Å². The van der Waals surface area contributed by atoms with Gasteiger partial charge in [-0.1, -0.05) is 58.6 Å². The van der Waals surface area contributed by atoms with Gasteiger partial charge in [-0.15, -0.1) is 11.8 Å². The number of alkyl halides is 3. The number of benzene rings is 1. The molecule has 5 nitrogen and oxygen atoms in total. The van der Waals surface area contributed by atoms with Crippen molar-refractivity contribution in [2.75, 3.05) is 17.8 Å². The molecule has 1 rings (SSSR count). The van der Waals surface area contributed by atoms with Crippen LogP contribution in [0.25, 0.3) is 0 Å². The van der Waals surface area contributed by atoms with E-state index in [1.807, 2.05) is 6.92 Å². The van der Waals surface area contributed by atoms with E-state index in [0.29, 0.717) is 22.8 Å². The number of rotatable bonds is 16. The highest BCUT2D eigenvalue weighted by atomic mass is 32.2. The first-order valence-corrected chi connectivity index (χ1v) is 12.9. The van der Waals surface area contributed by atoms with Crippen molar-refractivity contribution in [1.82, 2.24) is 0 Å². The van der Waals surface area contributed by atoms with Crippen molar-refractivity contribution in [3.05, 3.63) is 58.9 Å². The lowest BCUT2D eigenvalue weighted by Crippen LogP contribution is -2.14. The fraction of sp³-hybridized carbons (Fsp3) is 0.500. The van der Waals surface area contributed by atoms with Crippen molar-refractivity contribution < 1.29 is 17.9 Å². The molecule has 0 fully saturated rings. The molecular formula is C26H39F3N4OS. The van der Waals surface area contributed by atoms with Gasteiger partial charge in [0, 0.05) is 23.2 Å².